The normalized spacial score (nSPS) is 9.76. The number of carbonyl (C=O) groups excluding carboxylic acids is 3. The maximum Gasteiger partial charge on any atom is 0.272 e. The molecule has 4 N–H and O–H groups in total. The number of nitrogens with one attached hydrogen (secondary N) is 2. The summed E-state index contributed by atoms with van der Waals surface area (Å²) in [5.41, 5.74) is 9.52. The van der Waals surface area contributed by atoms with Crippen LogP contribution in [0.5, 0.6) is 0 Å². The summed E-state index contributed by atoms with van der Waals surface area (Å²) in [4.78, 5) is 43.6. The van der Waals surface area contributed by atoms with Gasteiger partial charge in [0, 0.05) is 30.0 Å². The molecule has 0 aromatic heterocycles. The van der Waals surface area contributed by atoms with Crippen molar-refractivity contribution in [3.63, 3.8) is 0 Å². The van der Waals surface area contributed by atoms with Crippen molar-refractivity contribution in [2.24, 2.45) is 5.73 Å². The highest BCUT2D eigenvalue weighted by Gasteiger charge is 2.14. The molecule has 0 unspecified atom stereocenters. The zero-order valence-electron chi connectivity index (χ0n) is 11.2. The molecule has 1 aromatic rings. The first kappa shape index (κ1) is 16.1. The highest BCUT2D eigenvalue weighted by atomic mass is 16.6. The first-order chi connectivity index (χ1) is 9.81. The zero-order valence-corrected chi connectivity index (χ0v) is 11.2. The highest BCUT2D eigenvalue weighted by molar-refractivity contribution is 5.96. The summed E-state index contributed by atoms with van der Waals surface area (Å²) in [6, 6.07) is 3.82. The van der Waals surface area contributed by atoms with Crippen molar-refractivity contribution >= 4 is 23.4 Å². The van der Waals surface area contributed by atoms with Crippen LogP contribution in [0.1, 0.15) is 28.8 Å². The van der Waals surface area contributed by atoms with Crippen LogP contribution < -0.4 is 16.6 Å². The van der Waals surface area contributed by atoms with Gasteiger partial charge in [0.1, 0.15) is 0 Å². The monoisotopic (exact) mass is 294 g/mol. The van der Waals surface area contributed by atoms with Gasteiger partial charge >= 0.3 is 0 Å². The number of hydrogen-bond donors (Lipinski definition) is 3. The second-order valence-corrected chi connectivity index (χ2v) is 4.23. The Morgan fingerprint density at radius 2 is 1.90 bits per heavy atom. The number of rotatable bonds is 5. The molecular formula is C12H14N4O5. The lowest BCUT2D eigenvalue weighted by molar-refractivity contribution is -0.385. The van der Waals surface area contributed by atoms with Crippen molar-refractivity contribution < 1.29 is 19.3 Å². The fourth-order valence-electron chi connectivity index (χ4n) is 1.50. The minimum Gasteiger partial charge on any atom is -0.370 e. The molecule has 112 valence electrons. The summed E-state index contributed by atoms with van der Waals surface area (Å²) in [5, 5.41) is 10.7. The van der Waals surface area contributed by atoms with E-state index in [0.717, 1.165) is 0 Å². The van der Waals surface area contributed by atoms with E-state index in [1.54, 1.807) is 0 Å². The Hall–Kier alpha value is -2.97. The molecular weight excluding hydrogens is 280 g/mol. The van der Waals surface area contributed by atoms with Gasteiger partial charge in [0.2, 0.25) is 11.8 Å². The van der Waals surface area contributed by atoms with Crippen molar-refractivity contribution in [3.8, 4) is 0 Å². The zero-order chi connectivity index (χ0) is 16.0. The van der Waals surface area contributed by atoms with Crippen molar-refractivity contribution in [2.75, 3.05) is 0 Å². The number of nitro benzene ring substituents is 1. The van der Waals surface area contributed by atoms with Gasteiger partial charge in [-0.05, 0) is 19.1 Å². The first-order valence-electron chi connectivity index (χ1n) is 5.93. The van der Waals surface area contributed by atoms with E-state index in [0.29, 0.717) is 5.56 Å². The van der Waals surface area contributed by atoms with Gasteiger partial charge in [-0.2, -0.15) is 0 Å². The van der Waals surface area contributed by atoms with Gasteiger partial charge in [-0.1, -0.05) is 0 Å². The standard InChI is InChI=1S/C12H14N4O5/c1-7-6-8(2-3-9(7)16(20)21)12(19)15-14-11(18)5-4-10(13)17/h2-3,6H,4-5H2,1H3,(H2,13,17)(H,14,18)(H,15,19). The second kappa shape index (κ2) is 6.98. The predicted octanol–water partition coefficient (Wildman–Crippen LogP) is -0.0703. The third-order valence-corrected chi connectivity index (χ3v) is 2.57. The lowest BCUT2D eigenvalue weighted by Gasteiger charge is -2.07. The van der Waals surface area contributed by atoms with Crippen LogP contribution >= 0.6 is 0 Å². The van der Waals surface area contributed by atoms with E-state index in [9.17, 15) is 24.5 Å². The summed E-state index contributed by atoms with van der Waals surface area (Å²) in [6.07, 6.45) is -0.271. The van der Waals surface area contributed by atoms with Gasteiger partial charge in [0.05, 0.1) is 4.92 Å². The van der Waals surface area contributed by atoms with Gasteiger partial charge in [0.15, 0.2) is 0 Å². The largest absolute Gasteiger partial charge is 0.370 e. The number of benzene rings is 1. The SMILES string of the molecule is Cc1cc(C(=O)NNC(=O)CCC(N)=O)ccc1[N+](=O)[O-]. The molecule has 1 aromatic carbocycles. The number of nitrogens with two attached hydrogens (primary N) is 1. The van der Waals surface area contributed by atoms with Gasteiger partial charge in [-0.3, -0.25) is 35.3 Å². The first-order valence-corrected chi connectivity index (χ1v) is 5.93. The summed E-state index contributed by atoms with van der Waals surface area (Å²) in [6.45, 7) is 1.50. The average Bonchev–Trinajstić information content (AvgIpc) is 2.41. The molecule has 0 aliphatic heterocycles. The Kier molecular flexibility index (Phi) is 5.35. The van der Waals surface area contributed by atoms with Crippen LogP contribution in [-0.4, -0.2) is 22.6 Å². The number of hydrogen-bond acceptors (Lipinski definition) is 5. The van der Waals surface area contributed by atoms with E-state index in [1.807, 2.05) is 0 Å². The number of carbonyl (C=O) groups is 3. The van der Waals surface area contributed by atoms with Gasteiger partial charge < -0.3 is 5.73 Å². The van der Waals surface area contributed by atoms with E-state index >= 15 is 0 Å². The molecule has 0 spiro atoms. The molecule has 0 heterocycles. The Balaban J connectivity index is 2.60. The van der Waals surface area contributed by atoms with E-state index < -0.39 is 22.6 Å². The molecule has 0 aliphatic rings. The van der Waals surface area contributed by atoms with Crippen LogP contribution in [0.2, 0.25) is 0 Å². The molecule has 0 radical (unpaired) electrons. The summed E-state index contributed by atoms with van der Waals surface area (Å²) in [5.74, 6) is -1.82. The number of aryl methyl sites for hydroxylation is 1. The van der Waals surface area contributed by atoms with Crippen molar-refractivity contribution in [1.29, 1.82) is 0 Å². The minimum atomic E-state index is -0.625. The molecule has 9 nitrogen and oxygen atoms in total. The third-order valence-electron chi connectivity index (χ3n) is 2.57. The lowest BCUT2D eigenvalue weighted by atomic mass is 10.1. The number of nitro groups is 1. The van der Waals surface area contributed by atoms with Crippen LogP contribution in [0, 0.1) is 17.0 Å². The van der Waals surface area contributed by atoms with Crippen LogP contribution in [-0.2, 0) is 9.59 Å². The van der Waals surface area contributed by atoms with E-state index in [2.05, 4.69) is 10.9 Å². The maximum absolute atomic E-state index is 11.7. The molecule has 9 heteroatoms. The smallest absolute Gasteiger partial charge is 0.272 e. The lowest BCUT2D eigenvalue weighted by Crippen LogP contribution is -2.41. The summed E-state index contributed by atoms with van der Waals surface area (Å²) in [7, 11) is 0. The number of nitrogens with zero attached hydrogens (tertiary/aromatic N) is 1. The molecule has 0 fully saturated rings. The Morgan fingerprint density at radius 1 is 1.24 bits per heavy atom. The Morgan fingerprint density at radius 3 is 2.43 bits per heavy atom. The fourth-order valence-corrected chi connectivity index (χ4v) is 1.50. The number of amides is 3. The number of primary amides is 1. The van der Waals surface area contributed by atoms with Crippen LogP contribution in [0.25, 0.3) is 0 Å². The van der Waals surface area contributed by atoms with E-state index in [4.69, 9.17) is 5.73 Å². The van der Waals surface area contributed by atoms with Crippen LogP contribution in [0.4, 0.5) is 5.69 Å². The van der Waals surface area contributed by atoms with Gasteiger partial charge in [0.25, 0.3) is 11.6 Å². The highest BCUT2D eigenvalue weighted by Crippen LogP contribution is 2.18. The molecule has 21 heavy (non-hydrogen) atoms. The summed E-state index contributed by atoms with van der Waals surface area (Å²) >= 11 is 0. The Bertz CT molecular complexity index is 599. The number of hydrazine groups is 1. The van der Waals surface area contributed by atoms with Gasteiger partial charge in [-0.25, -0.2) is 0 Å². The molecule has 0 saturated carbocycles. The van der Waals surface area contributed by atoms with Gasteiger partial charge in [-0.15, -0.1) is 0 Å². The molecule has 0 atom stereocenters. The third kappa shape index (κ3) is 4.90. The Labute approximate surface area is 119 Å². The molecule has 0 saturated heterocycles. The van der Waals surface area contributed by atoms with Crippen molar-refractivity contribution in [2.45, 2.75) is 19.8 Å². The van der Waals surface area contributed by atoms with Crippen molar-refractivity contribution in [1.82, 2.24) is 10.9 Å². The van der Waals surface area contributed by atoms with E-state index in [1.165, 1.54) is 25.1 Å². The van der Waals surface area contributed by atoms with Crippen LogP contribution in [0.3, 0.4) is 0 Å². The van der Waals surface area contributed by atoms with Crippen LogP contribution in [0.15, 0.2) is 18.2 Å². The maximum atomic E-state index is 11.7. The average molecular weight is 294 g/mol. The topological polar surface area (TPSA) is 144 Å². The molecule has 0 aliphatic carbocycles. The molecule has 0 bridgehead atoms. The predicted molar refractivity (Wildman–Crippen MR) is 71.9 cm³/mol. The molecule has 3 amide bonds. The quantitative estimate of drug-likeness (QED) is 0.514. The van der Waals surface area contributed by atoms with E-state index in [-0.39, 0.29) is 24.1 Å². The fraction of sp³-hybridized carbons (Fsp3) is 0.250. The molecule has 1 rings (SSSR count). The van der Waals surface area contributed by atoms with Crippen molar-refractivity contribution in [3.05, 3.63) is 39.4 Å². The minimum absolute atomic E-state index is 0.1000. The second-order valence-electron chi connectivity index (χ2n) is 4.23. The summed E-state index contributed by atoms with van der Waals surface area (Å²) < 4.78 is 0.